The van der Waals surface area contributed by atoms with Gasteiger partial charge in [0.05, 0.1) is 5.69 Å². The molecule has 4 heteroatoms. The number of anilines is 2. The molecule has 0 saturated carbocycles. The molecule has 0 fully saturated rings. The summed E-state index contributed by atoms with van der Waals surface area (Å²) >= 11 is 6.17. The number of H-pyrrole nitrogens is 1. The summed E-state index contributed by atoms with van der Waals surface area (Å²) in [4.78, 5) is 7.87. The van der Waals surface area contributed by atoms with Crippen molar-refractivity contribution in [2.24, 2.45) is 0 Å². The van der Waals surface area contributed by atoms with Gasteiger partial charge in [0, 0.05) is 33.2 Å². The van der Waals surface area contributed by atoms with E-state index in [0.717, 1.165) is 28.1 Å². The van der Waals surface area contributed by atoms with Crippen LogP contribution in [0.1, 0.15) is 26.5 Å². The van der Waals surface area contributed by atoms with E-state index in [1.54, 1.807) is 0 Å². The first-order valence-electron chi connectivity index (χ1n) is 6.95. The Bertz CT molecular complexity index is 784. The average molecular weight is 300 g/mol. The number of hydrogen-bond acceptors (Lipinski definition) is 2. The van der Waals surface area contributed by atoms with Crippen molar-refractivity contribution in [3.05, 3.63) is 53.3 Å². The van der Waals surface area contributed by atoms with Gasteiger partial charge in [-0.05, 0) is 30.3 Å². The Hall–Kier alpha value is -2.00. The van der Waals surface area contributed by atoms with Crippen LogP contribution >= 0.6 is 11.6 Å². The number of fused-ring (bicyclic) bond motifs is 1. The number of rotatable bonds is 2. The molecule has 0 bridgehead atoms. The van der Waals surface area contributed by atoms with E-state index in [0.29, 0.717) is 5.02 Å². The lowest BCUT2D eigenvalue weighted by Crippen LogP contribution is -2.13. The summed E-state index contributed by atoms with van der Waals surface area (Å²) in [5.41, 5.74) is 3.05. The molecule has 0 radical (unpaired) electrons. The van der Waals surface area contributed by atoms with Gasteiger partial charge in [-0.15, -0.1) is 0 Å². The maximum atomic E-state index is 6.17. The minimum absolute atomic E-state index is 0.0232. The van der Waals surface area contributed by atoms with Crippen LogP contribution in [0, 0.1) is 0 Å². The third kappa shape index (κ3) is 2.88. The maximum absolute atomic E-state index is 6.17. The Kier molecular flexibility index (Phi) is 3.38. The normalized spacial score (nSPS) is 11.8. The van der Waals surface area contributed by atoms with E-state index in [1.165, 1.54) is 0 Å². The summed E-state index contributed by atoms with van der Waals surface area (Å²) in [7, 11) is 0. The Morgan fingerprint density at radius 3 is 2.71 bits per heavy atom. The zero-order valence-electron chi connectivity index (χ0n) is 12.4. The van der Waals surface area contributed by atoms with Gasteiger partial charge in [-0.25, -0.2) is 4.98 Å². The number of aromatic amines is 1. The van der Waals surface area contributed by atoms with E-state index in [-0.39, 0.29) is 5.41 Å². The fraction of sp³-hybridized carbons (Fsp3) is 0.235. The molecule has 3 nitrogen and oxygen atoms in total. The van der Waals surface area contributed by atoms with Crippen molar-refractivity contribution in [2.75, 3.05) is 5.32 Å². The SMILES string of the molecule is CC(C)(C)c1cccc(Nc2cc(Cl)cc3[nH]ccc23)n1. The molecule has 0 aliphatic rings. The third-order valence-electron chi connectivity index (χ3n) is 3.41. The zero-order chi connectivity index (χ0) is 15.0. The largest absolute Gasteiger partial charge is 0.361 e. The highest BCUT2D eigenvalue weighted by Crippen LogP contribution is 2.30. The van der Waals surface area contributed by atoms with Crippen LogP contribution in [0.3, 0.4) is 0 Å². The summed E-state index contributed by atoms with van der Waals surface area (Å²) in [5, 5.41) is 5.16. The Morgan fingerprint density at radius 1 is 1.14 bits per heavy atom. The first-order valence-corrected chi connectivity index (χ1v) is 7.32. The second-order valence-corrected chi connectivity index (χ2v) is 6.61. The molecule has 0 aliphatic heterocycles. The van der Waals surface area contributed by atoms with Crippen molar-refractivity contribution in [3.8, 4) is 0 Å². The van der Waals surface area contributed by atoms with Gasteiger partial charge in [0.1, 0.15) is 5.82 Å². The Balaban J connectivity index is 2.01. The number of aromatic nitrogens is 2. The van der Waals surface area contributed by atoms with Crippen LogP contribution in [-0.2, 0) is 5.41 Å². The first-order chi connectivity index (χ1) is 9.93. The highest BCUT2D eigenvalue weighted by atomic mass is 35.5. The van der Waals surface area contributed by atoms with E-state index in [2.05, 4.69) is 37.1 Å². The molecule has 2 N–H and O–H groups in total. The third-order valence-corrected chi connectivity index (χ3v) is 3.63. The highest BCUT2D eigenvalue weighted by Gasteiger charge is 2.15. The minimum atomic E-state index is 0.0232. The summed E-state index contributed by atoms with van der Waals surface area (Å²) in [6.07, 6.45) is 1.91. The van der Waals surface area contributed by atoms with Gasteiger partial charge < -0.3 is 10.3 Å². The van der Waals surface area contributed by atoms with Gasteiger partial charge in [0.25, 0.3) is 0 Å². The van der Waals surface area contributed by atoms with E-state index in [4.69, 9.17) is 16.6 Å². The van der Waals surface area contributed by atoms with Gasteiger partial charge in [-0.3, -0.25) is 0 Å². The van der Waals surface area contributed by atoms with Gasteiger partial charge in [-0.2, -0.15) is 0 Å². The molecule has 3 rings (SSSR count). The molecule has 2 aromatic heterocycles. The first kappa shape index (κ1) is 14.0. The standard InChI is InChI=1S/C17H18ClN3/c1-17(2,3)15-5-4-6-16(21-15)20-14-10-11(18)9-13-12(14)7-8-19-13/h4-10,19H,1-3H3,(H,20,21). The van der Waals surface area contributed by atoms with Crippen LogP contribution in [0.15, 0.2) is 42.6 Å². The fourth-order valence-electron chi connectivity index (χ4n) is 2.30. The van der Waals surface area contributed by atoms with Crippen LogP contribution in [-0.4, -0.2) is 9.97 Å². The molecule has 0 amide bonds. The number of nitrogens with zero attached hydrogens (tertiary/aromatic N) is 1. The van der Waals surface area contributed by atoms with Crippen molar-refractivity contribution in [1.29, 1.82) is 0 Å². The van der Waals surface area contributed by atoms with E-state index >= 15 is 0 Å². The number of benzene rings is 1. The molecule has 1 aromatic carbocycles. The predicted octanol–water partition coefficient (Wildman–Crippen LogP) is 5.26. The minimum Gasteiger partial charge on any atom is -0.361 e. The Labute approximate surface area is 129 Å². The van der Waals surface area contributed by atoms with E-state index in [1.807, 2.05) is 36.5 Å². The van der Waals surface area contributed by atoms with Crippen LogP contribution in [0.25, 0.3) is 10.9 Å². The summed E-state index contributed by atoms with van der Waals surface area (Å²) in [6.45, 7) is 6.47. The smallest absolute Gasteiger partial charge is 0.130 e. The van der Waals surface area contributed by atoms with Crippen LogP contribution in [0.5, 0.6) is 0 Å². The quantitative estimate of drug-likeness (QED) is 0.678. The monoisotopic (exact) mass is 299 g/mol. The molecule has 2 heterocycles. The molecule has 0 saturated heterocycles. The molecular formula is C17H18ClN3. The van der Waals surface area contributed by atoms with Crippen molar-refractivity contribution >= 4 is 34.0 Å². The van der Waals surface area contributed by atoms with Gasteiger partial charge in [-0.1, -0.05) is 38.4 Å². The molecule has 108 valence electrons. The van der Waals surface area contributed by atoms with Crippen LogP contribution < -0.4 is 5.32 Å². The summed E-state index contributed by atoms with van der Waals surface area (Å²) in [5.74, 6) is 0.826. The van der Waals surface area contributed by atoms with Crippen molar-refractivity contribution in [3.63, 3.8) is 0 Å². The molecule has 0 spiro atoms. The predicted molar refractivity (Wildman–Crippen MR) is 89.5 cm³/mol. The zero-order valence-corrected chi connectivity index (χ0v) is 13.1. The lowest BCUT2D eigenvalue weighted by Gasteiger charge is -2.18. The Morgan fingerprint density at radius 2 is 1.95 bits per heavy atom. The number of hydrogen-bond donors (Lipinski definition) is 2. The van der Waals surface area contributed by atoms with Crippen LogP contribution in [0.4, 0.5) is 11.5 Å². The second-order valence-electron chi connectivity index (χ2n) is 6.18. The summed E-state index contributed by atoms with van der Waals surface area (Å²) < 4.78 is 0. The van der Waals surface area contributed by atoms with Gasteiger partial charge in [0.15, 0.2) is 0 Å². The van der Waals surface area contributed by atoms with Crippen molar-refractivity contribution in [1.82, 2.24) is 9.97 Å². The molecule has 21 heavy (non-hydrogen) atoms. The van der Waals surface area contributed by atoms with Crippen LogP contribution in [0.2, 0.25) is 5.02 Å². The van der Waals surface area contributed by atoms with Gasteiger partial charge in [0.2, 0.25) is 0 Å². The second kappa shape index (κ2) is 5.08. The lowest BCUT2D eigenvalue weighted by atomic mass is 9.92. The van der Waals surface area contributed by atoms with Crippen molar-refractivity contribution < 1.29 is 0 Å². The van der Waals surface area contributed by atoms with Crippen molar-refractivity contribution in [2.45, 2.75) is 26.2 Å². The molecule has 0 aliphatic carbocycles. The van der Waals surface area contributed by atoms with Gasteiger partial charge >= 0.3 is 0 Å². The van der Waals surface area contributed by atoms with E-state index < -0.39 is 0 Å². The number of nitrogens with one attached hydrogen (secondary N) is 2. The summed E-state index contributed by atoms with van der Waals surface area (Å²) in [6, 6.07) is 11.9. The number of halogens is 1. The number of pyridine rings is 1. The molecule has 0 atom stereocenters. The lowest BCUT2D eigenvalue weighted by molar-refractivity contribution is 0.570. The van der Waals surface area contributed by atoms with E-state index in [9.17, 15) is 0 Å². The molecular weight excluding hydrogens is 282 g/mol. The maximum Gasteiger partial charge on any atom is 0.130 e. The average Bonchev–Trinajstić information content (AvgIpc) is 2.86. The topological polar surface area (TPSA) is 40.7 Å². The fourth-order valence-corrected chi connectivity index (χ4v) is 2.51. The molecule has 0 unspecified atom stereocenters. The molecule has 3 aromatic rings. The highest BCUT2D eigenvalue weighted by molar-refractivity contribution is 6.31.